The number of hydrogen-bond acceptors (Lipinski definition) is 5. The zero-order valence-corrected chi connectivity index (χ0v) is 16.8. The molecule has 1 aliphatic carbocycles. The van der Waals surface area contributed by atoms with Crippen LogP contribution in [-0.2, 0) is 17.3 Å². The van der Waals surface area contributed by atoms with Crippen molar-refractivity contribution in [3.63, 3.8) is 0 Å². The van der Waals surface area contributed by atoms with Crippen molar-refractivity contribution in [1.82, 2.24) is 19.9 Å². The molecule has 0 saturated carbocycles. The Labute approximate surface area is 177 Å². The minimum atomic E-state index is -4.48. The summed E-state index contributed by atoms with van der Waals surface area (Å²) in [6, 6.07) is 9.59. The molecule has 5 rings (SSSR count). The van der Waals surface area contributed by atoms with E-state index in [2.05, 4.69) is 37.0 Å². The van der Waals surface area contributed by atoms with Crippen molar-refractivity contribution in [2.75, 3.05) is 26.3 Å². The molecule has 0 spiro atoms. The largest absolute Gasteiger partial charge is 0.431 e. The van der Waals surface area contributed by atoms with Crippen molar-refractivity contribution >= 4 is 23.1 Å². The molecule has 0 bridgehead atoms. The van der Waals surface area contributed by atoms with Crippen LogP contribution in [0.2, 0.25) is 0 Å². The summed E-state index contributed by atoms with van der Waals surface area (Å²) in [5, 5.41) is 0.262. The van der Waals surface area contributed by atoms with E-state index in [0.29, 0.717) is 13.2 Å². The van der Waals surface area contributed by atoms with Crippen molar-refractivity contribution < 1.29 is 17.9 Å². The minimum Gasteiger partial charge on any atom is -0.379 e. The lowest BCUT2D eigenvalue weighted by atomic mass is 9.79. The quantitative estimate of drug-likeness (QED) is 0.637. The molecular formula is C22H22F3N5O. The molecule has 9 heteroatoms. The van der Waals surface area contributed by atoms with Crippen molar-refractivity contribution in [2.45, 2.75) is 31.0 Å². The third-order valence-corrected chi connectivity index (χ3v) is 6.12. The van der Waals surface area contributed by atoms with Gasteiger partial charge in [-0.3, -0.25) is 4.90 Å². The van der Waals surface area contributed by atoms with E-state index in [0.717, 1.165) is 32.0 Å². The van der Waals surface area contributed by atoms with Crippen LogP contribution < -0.4 is 0 Å². The van der Waals surface area contributed by atoms with E-state index in [9.17, 15) is 13.2 Å². The highest BCUT2D eigenvalue weighted by molar-refractivity contribution is 5.88. The molecule has 1 aromatic carbocycles. The number of nitrogens with one attached hydrogen (secondary N) is 1. The number of morpholine rings is 1. The molecule has 0 amide bonds. The minimum absolute atomic E-state index is 0.0223. The Balaban J connectivity index is 1.52. The lowest BCUT2D eigenvalue weighted by molar-refractivity contribution is -0.140. The van der Waals surface area contributed by atoms with Gasteiger partial charge in [0.25, 0.3) is 0 Å². The number of benzene rings is 1. The number of rotatable bonds is 3. The monoisotopic (exact) mass is 429 g/mol. The van der Waals surface area contributed by atoms with E-state index < -0.39 is 11.9 Å². The number of fused-ring (bicyclic) bond motifs is 2. The number of nitrogens with zero attached hydrogens (tertiary/aromatic N) is 4. The van der Waals surface area contributed by atoms with Crippen LogP contribution in [0, 0.1) is 0 Å². The van der Waals surface area contributed by atoms with Crippen molar-refractivity contribution in [2.24, 2.45) is 4.99 Å². The first-order chi connectivity index (χ1) is 15.0. The highest BCUT2D eigenvalue weighted by Crippen LogP contribution is 2.36. The first kappa shape index (κ1) is 20.1. The molecule has 162 valence electrons. The van der Waals surface area contributed by atoms with Crippen LogP contribution in [0.5, 0.6) is 0 Å². The fourth-order valence-electron chi connectivity index (χ4n) is 4.61. The summed E-state index contributed by atoms with van der Waals surface area (Å²) in [5.74, 6) is 0.259. The second kappa shape index (κ2) is 8.05. The summed E-state index contributed by atoms with van der Waals surface area (Å²) in [5.41, 5.74) is 1.78. The van der Waals surface area contributed by atoms with Crippen LogP contribution in [0.25, 0.3) is 11.0 Å². The van der Waals surface area contributed by atoms with Gasteiger partial charge in [-0.1, -0.05) is 24.3 Å². The zero-order valence-electron chi connectivity index (χ0n) is 16.8. The predicted octanol–water partition coefficient (Wildman–Crippen LogP) is 4.11. The van der Waals surface area contributed by atoms with Crippen LogP contribution in [0.1, 0.15) is 29.2 Å². The molecule has 1 aliphatic heterocycles. The van der Waals surface area contributed by atoms with E-state index in [1.54, 1.807) is 0 Å². The molecule has 1 unspecified atom stereocenters. The third-order valence-electron chi connectivity index (χ3n) is 6.12. The summed E-state index contributed by atoms with van der Waals surface area (Å²) >= 11 is 0. The number of aromatic amines is 1. The van der Waals surface area contributed by atoms with Gasteiger partial charge < -0.3 is 9.72 Å². The van der Waals surface area contributed by atoms with Gasteiger partial charge in [0, 0.05) is 31.3 Å². The number of aromatic nitrogens is 3. The van der Waals surface area contributed by atoms with E-state index in [1.165, 1.54) is 17.5 Å². The second-order valence-electron chi connectivity index (χ2n) is 7.90. The number of ether oxygens (including phenoxy) is 1. The molecule has 1 fully saturated rings. The molecule has 0 radical (unpaired) electrons. The summed E-state index contributed by atoms with van der Waals surface area (Å²) in [7, 11) is 0. The van der Waals surface area contributed by atoms with Gasteiger partial charge in [-0.2, -0.15) is 13.2 Å². The van der Waals surface area contributed by atoms with Crippen LogP contribution in [0.3, 0.4) is 0 Å². The fraction of sp³-hybridized carbons (Fsp3) is 0.409. The van der Waals surface area contributed by atoms with Gasteiger partial charge in [-0.15, -0.1) is 0 Å². The maximum atomic E-state index is 13.1. The zero-order chi connectivity index (χ0) is 21.4. The first-order valence-electron chi connectivity index (χ1n) is 10.4. The molecule has 2 atom stereocenters. The number of aliphatic imine (C=N–C) groups is 1. The van der Waals surface area contributed by atoms with Crippen LogP contribution in [0.4, 0.5) is 19.0 Å². The highest BCUT2D eigenvalue weighted by atomic mass is 19.4. The Hall–Kier alpha value is -2.78. The average molecular weight is 429 g/mol. The number of aryl methyl sites for hydroxylation is 1. The summed E-state index contributed by atoms with van der Waals surface area (Å²) in [4.78, 5) is 17.4. The molecule has 3 heterocycles. The Kier molecular flexibility index (Phi) is 5.23. The molecular weight excluding hydrogens is 407 g/mol. The standard InChI is InChI=1S/C22H22F3N5O/c23-22(24,25)19-11-16-20(27-13-28-21(16)29-19)26-12-17-15-4-2-1-3-14(15)5-6-18(17)30-7-9-31-10-8-30/h1-4,11-13,17-18H,5-10H2,(H,27,28,29)/t17?,18-/m0/s1. The predicted molar refractivity (Wildman–Crippen MR) is 111 cm³/mol. The molecule has 6 nitrogen and oxygen atoms in total. The normalized spacial score (nSPS) is 22.8. The summed E-state index contributed by atoms with van der Waals surface area (Å²) < 4.78 is 44.9. The van der Waals surface area contributed by atoms with E-state index in [-0.39, 0.29) is 28.8 Å². The van der Waals surface area contributed by atoms with Crippen molar-refractivity contribution in [3.8, 4) is 0 Å². The topological polar surface area (TPSA) is 66.4 Å². The van der Waals surface area contributed by atoms with E-state index in [4.69, 9.17) is 4.74 Å². The van der Waals surface area contributed by atoms with Gasteiger partial charge in [0.2, 0.25) is 0 Å². The second-order valence-corrected chi connectivity index (χ2v) is 7.90. The van der Waals surface area contributed by atoms with Gasteiger partial charge in [0.1, 0.15) is 17.7 Å². The summed E-state index contributed by atoms with van der Waals surface area (Å²) in [6.45, 7) is 3.14. The number of alkyl halides is 3. The lowest BCUT2D eigenvalue weighted by Crippen LogP contribution is -2.48. The van der Waals surface area contributed by atoms with Gasteiger partial charge >= 0.3 is 6.18 Å². The SMILES string of the molecule is FC(F)(F)c1cc2c(N=CC3c4ccccc4CC[C@@H]3N3CCOCC3)ncnc2[nH]1. The van der Waals surface area contributed by atoms with Crippen LogP contribution in [-0.4, -0.2) is 58.4 Å². The van der Waals surface area contributed by atoms with Gasteiger partial charge in [0.05, 0.1) is 18.6 Å². The highest BCUT2D eigenvalue weighted by Gasteiger charge is 2.34. The van der Waals surface area contributed by atoms with Crippen LogP contribution >= 0.6 is 0 Å². The fourth-order valence-corrected chi connectivity index (χ4v) is 4.61. The third kappa shape index (κ3) is 3.95. The molecule has 2 aliphatic rings. The molecule has 1 N–H and O–H groups in total. The number of H-pyrrole nitrogens is 1. The number of hydrogen-bond donors (Lipinski definition) is 1. The van der Waals surface area contributed by atoms with E-state index in [1.807, 2.05) is 18.3 Å². The molecule has 2 aromatic heterocycles. The van der Waals surface area contributed by atoms with Crippen molar-refractivity contribution in [3.05, 3.63) is 53.5 Å². The van der Waals surface area contributed by atoms with E-state index >= 15 is 0 Å². The van der Waals surface area contributed by atoms with Crippen molar-refractivity contribution in [1.29, 1.82) is 0 Å². The molecule has 31 heavy (non-hydrogen) atoms. The smallest absolute Gasteiger partial charge is 0.379 e. The Morgan fingerprint density at radius 3 is 2.77 bits per heavy atom. The lowest BCUT2D eigenvalue weighted by Gasteiger charge is -2.41. The summed E-state index contributed by atoms with van der Waals surface area (Å²) in [6.07, 6.45) is 0.591. The molecule has 1 saturated heterocycles. The first-order valence-corrected chi connectivity index (χ1v) is 10.4. The Morgan fingerprint density at radius 1 is 1.16 bits per heavy atom. The molecule has 3 aromatic rings. The Bertz CT molecular complexity index is 1100. The van der Waals surface area contributed by atoms with Gasteiger partial charge in [-0.05, 0) is 30.0 Å². The maximum Gasteiger partial charge on any atom is 0.431 e. The Morgan fingerprint density at radius 2 is 1.97 bits per heavy atom. The average Bonchev–Trinajstić information content (AvgIpc) is 3.24. The van der Waals surface area contributed by atoms with Crippen LogP contribution in [0.15, 0.2) is 41.7 Å². The van der Waals surface area contributed by atoms with Gasteiger partial charge in [0.15, 0.2) is 5.82 Å². The number of halogens is 3. The maximum absolute atomic E-state index is 13.1. The van der Waals surface area contributed by atoms with Gasteiger partial charge in [-0.25, -0.2) is 15.0 Å².